The van der Waals surface area contributed by atoms with Gasteiger partial charge in [-0.25, -0.2) is 4.98 Å². The van der Waals surface area contributed by atoms with Crippen molar-refractivity contribution in [3.63, 3.8) is 0 Å². The van der Waals surface area contributed by atoms with Gasteiger partial charge in [-0.15, -0.1) is 0 Å². The molecule has 110 valence electrons. The van der Waals surface area contributed by atoms with E-state index in [0.29, 0.717) is 11.3 Å². The highest BCUT2D eigenvalue weighted by Gasteiger charge is 2.14. The molecule has 1 aromatic heterocycles. The summed E-state index contributed by atoms with van der Waals surface area (Å²) in [7, 11) is 1.39. The number of methoxy groups -OCH3 is 1. The zero-order chi connectivity index (χ0) is 15.4. The van der Waals surface area contributed by atoms with Crippen LogP contribution in [0.3, 0.4) is 0 Å². The van der Waals surface area contributed by atoms with Crippen molar-refractivity contribution < 1.29 is 19.5 Å². The van der Waals surface area contributed by atoms with Gasteiger partial charge in [0.2, 0.25) is 5.88 Å². The van der Waals surface area contributed by atoms with Crippen LogP contribution in [0.4, 0.5) is 5.69 Å². The molecule has 0 saturated heterocycles. The number of hydrogen-bond acceptors (Lipinski definition) is 6. The molecule has 0 fully saturated rings. The number of ether oxygens (including phenoxy) is 2. The number of rotatable bonds is 5. The Balaban J connectivity index is 2.31. The third kappa shape index (κ3) is 3.46. The largest absolute Gasteiger partial charge is 0.493 e. The Morgan fingerprint density at radius 2 is 2.05 bits per heavy atom. The number of nitrogens with zero attached hydrogens (tertiary/aromatic N) is 2. The quantitative estimate of drug-likeness (QED) is 0.672. The number of hydrogen-bond donors (Lipinski definition) is 1. The standard InChI is InChI=1S/C14H14N2O5/c1-9(17)10-5-6-15-14(7-10)21-12-4-3-11(16(18)19)8-13(12)20-2/h3-9,17H,1-2H3. The number of pyridine rings is 1. The summed E-state index contributed by atoms with van der Waals surface area (Å²) in [5, 5.41) is 20.3. The van der Waals surface area contributed by atoms with Crippen LogP contribution in [0.1, 0.15) is 18.6 Å². The van der Waals surface area contributed by atoms with Crippen molar-refractivity contribution in [1.29, 1.82) is 0 Å². The molecule has 0 aliphatic heterocycles. The molecule has 1 N–H and O–H groups in total. The van der Waals surface area contributed by atoms with E-state index < -0.39 is 11.0 Å². The minimum Gasteiger partial charge on any atom is -0.493 e. The molecule has 0 radical (unpaired) electrons. The summed E-state index contributed by atoms with van der Waals surface area (Å²) >= 11 is 0. The first-order chi connectivity index (χ1) is 10.0. The monoisotopic (exact) mass is 290 g/mol. The summed E-state index contributed by atoms with van der Waals surface area (Å²) in [4.78, 5) is 14.2. The third-order valence-electron chi connectivity index (χ3n) is 2.81. The molecule has 0 amide bonds. The molecule has 0 aliphatic rings. The first kappa shape index (κ1) is 14.7. The Labute approximate surface area is 120 Å². The molecule has 1 aromatic carbocycles. The van der Waals surface area contributed by atoms with Crippen molar-refractivity contribution in [3.05, 3.63) is 52.2 Å². The lowest BCUT2D eigenvalue weighted by atomic mass is 10.2. The number of aliphatic hydroxyl groups is 1. The number of benzene rings is 1. The zero-order valence-corrected chi connectivity index (χ0v) is 11.5. The van der Waals surface area contributed by atoms with E-state index >= 15 is 0 Å². The van der Waals surface area contributed by atoms with E-state index in [9.17, 15) is 15.2 Å². The highest BCUT2D eigenvalue weighted by Crippen LogP contribution is 2.34. The Kier molecular flexibility index (Phi) is 4.34. The maximum absolute atomic E-state index is 10.7. The van der Waals surface area contributed by atoms with Crippen LogP contribution in [0.5, 0.6) is 17.4 Å². The van der Waals surface area contributed by atoms with Gasteiger partial charge in [0.1, 0.15) is 0 Å². The van der Waals surface area contributed by atoms with Gasteiger partial charge in [-0.1, -0.05) is 0 Å². The van der Waals surface area contributed by atoms with Crippen LogP contribution in [0.25, 0.3) is 0 Å². The van der Waals surface area contributed by atoms with Gasteiger partial charge in [-0.2, -0.15) is 0 Å². The molecule has 2 aromatic rings. The highest BCUT2D eigenvalue weighted by molar-refractivity contribution is 5.49. The molecule has 0 saturated carbocycles. The van der Waals surface area contributed by atoms with Crippen LogP contribution in [0.2, 0.25) is 0 Å². The van der Waals surface area contributed by atoms with E-state index in [4.69, 9.17) is 9.47 Å². The minimum atomic E-state index is -0.644. The van der Waals surface area contributed by atoms with E-state index in [1.54, 1.807) is 19.1 Å². The molecule has 7 nitrogen and oxygen atoms in total. The van der Waals surface area contributed by atoms with Crippen molar-refractivity contribution in [2.45, 2.75) is 13.0 Å². The van der Waals surface area contributed by atoms with Gasteiger partial charge < -0.3 is 14.6 Å². The van der Waals surface area contributed by atoms with E-state index in [1.165, 1.54) is 31.5 Å². The number of nitro groups is 1. The average Bonchev–Trinajstić information content (AvgIpc) is 2.47. The zero-order valence-electron chi connectivity index (χ0n) is 11.5. The van der Waals surface area contributed by atoms with Gasteiger partial charge in [0.05, 0.1) is 24.2 Å². The first-order valence-electron chi connectivity index (χ1n) is 6.15. The smallest absolute Gasteiger partial charge is 0.273 e. The fourth-order valence-corrected chi connectivity index (χ4v) is 1.71. The Morgan fingerprint density at radius 3 is 2.67 bits per heavy atom. The summed E-state index contributed by atoms with van der Waals surface area (Å²) in [6.45, 7) is 1.63. The van der Waals surface area contributed by atoms with Crippen LogP contribution in [-0.2, 0) is 0 Å². The van der Waals surface area contributed by atoms with Gasteiger partial charge in [0.15, 0.2) is 11.5 Å². The van der Waals surface area contributed by atoms with Crippen molar-refractivity contribution in [2.75, 3.05) is 7.11 Å². The fourth-order valence-electron chi connectivity index (χ4n) is 1.71. The van der Waals surface area contributed by atoms with Gasteiger partial charge in [0, 0.05) is 18.3 Å². The Bertz CT molecular complexity index is 658. The van der Waals surface area contributed by atoms with E-state index in [1.807, 2.05) is 0 Å². The first-order valence-corrected chi connectivity index (χ1v) is 6.15. The third-order valence-corrected chi connectivity index (χ3v) is 2.81. The predicted octanol–water partition coefficient (Wildman–Crippen LogP) is 2.84. The van der Waals surface area contributed by atoms with E-state index in [0.717, 1.165) is 0 Å². The fraction of sp³-hybridized carbons (Fsp3) is 0.214. The predicted molar refractivity (Wildman–Crippen MR) is 74.6 cm³/mol. The highest BCUT2D eigenvalue weighted by atomic mass is 16.6. The van der Waals surface area contributed by atoms with Crippen LogP contribution < -0.4 is 9.47 Å². The SMILES string of the molecule is COc1cc([N+](=O)[O-])ccc1Oc1cc(C(C)O)ccn1. The summed E-state index contributed by atoms with van der Waals surface area (Å²) in [5.41, 5.74) is 0.561. The maximum Gasteiger partial charge on any atom is 0.273 e. The lowest BCUT2D eigenvalue weighted by Crippen LogP contribution is -1.96. The summed E-state index contributed by atoms with van der Waals surface area (Å²) in [6.07, 6.45) is 0.865. The normalized spacial score (nSPS) is 11.8. The lowest BCUT2D eigenvalue weighted by molar-refractivity contribution is -0.384. The molecule has 7 heteroatoms. The van der Waals surface area contributed by atoms with Gasteiger partial charge in [-0.05, 0) is 24.6 Å². The molecule has 0 aliphatic carbocycles. The van der Waals surface area contributed by atoms with Gasteiger partial charge in [0.25, 0.3) is 5.69 Å². The summed E-state index contributed by atoms with van der Waals surface area (Å²) < 4.78 is 10.6. The van der Waals surface area contributed by atoms with Crippen molar-refractivity contribution in [3.8, 4) is 17.4 Å². The molecule has 1 heterocycles. The Hall–Kier alpha value is -2.67. The average molecular weight is 290 g/mol. The van der Waals surface area contributed by atoms with Crippen LogP contribution >= 0.6 is 0 Å². The van der Waals surface area contributed by atoms with Crippen molar-refractivity contribution >= 4 is 5.69 Å². The second-order valence-corrected chi connectivity index (χ2v) is 4.30. The topological polar surface area (TPSA) is 94.7 Å². The van der Waals surface area contributed by atoms with Crippen LogP contribution in [0.15, 0.2) is 36.5 Å². The number of aliphatic hydroxyl groups excluding tert-OH is 1. The number of nitro benzene ring substituents is 1. The maximum atomic E-state index is 10.7. The van der Waals surface area contributed by atoms with Crippen LogP contribution in [0, 0.1) is 10.1 Å². The van der Waals surface area contributed by atoms with E-state index in [-0.39, 0.29) is 17.3 Å². The second kappa shape index (κ2) is 6.19. The van der Waals surface area contributed by atoms with Crippen LogP contribution in [-0.4, -0.2) is 22.1 Å². The minimum absolute atomic E-state index is 0.0927. The summed E-state index contributed by atoms with van der Waals surface area (Å²) in [5.74, 6) is 0.798. The van der Waals surface area contributed by atoms with Gasteiger partial charge in [-0.3, -0.25) is 10.1 Å². The molecule has 2 rings (SSSR count). The summed E-state index contributed by atoms with van der Waals surface area (Å²) in [6, 6.07) is 7.29. The molecular formula is C14H14N2O5. The van der Waals surface area contributed by atoms with Crippen molar-refractivity contribution in [1.82, 2.24) is 4.98 Å². The molecular weight excluding hydrogens is 276 g/mol. The molecule has 1 unspecified atom stereocenters. The van der Waals surface area contributed by atoms with E-state index in [2.05, 4.69) is 4.98 Å². The molecule has 0 bridgehead atoms. The number of aromatic nitrogens is 1. The van der Waals surface area contributed by atoms with Gasteiger partial charge >= 0.3 is 0 Å². The molecule has 21 heavy (non-hydrogen) atoms. The van der Waals surface area contributed by atoms with Crippen molar-refractivity contribution in [2.24, 2.45) is 0 Å². The Morgan fingerprint density at radius 1 is 1.29 bits per heavy atom. The number of non-ortho nitro benzene ring substituents is 1. The second-order valence-electron chi connectivity index (χ2n) is 4.30. The lowest BCUT2D eigenvalue weighted by Gasteiger charge is -2.11. The molecule has 0 spiro atoms. The molecule has 1 atom stereocenters.